The van der Waals surface area contributed by atoms with Crippen molar-refractivity contribution in [2.45, 2.75) is 59.9 Å². The fraction of sp³-hybridized carbons (Fsp3) is 0.522. The molecule has 5 heteroatoms. The monoisotopic (exact) mass is 386 g/mol. The minimum atomic E-state index is -0.373. The second-order valence-corrected chi connectivity index (χ2v) is 7.14. The molecule has 1 heterocycles. The van der Waals surface area contributed by atoms with E-state index in [9.17, 15) is 4.79 Å². The van der Waals surface area contributed by atoms with E-state index in [0.29, 0.717) is 12.2 Å². The molecule has 28 heavy (non-hydrogen) atoms. The number of primary amides is 1. The minimum Gasteiger partial charge on any atom is -0.496 e. The third kappa shape index (κ3) is 4.76. The number of carbonyl (C=O) groups excluding carboxylic acids is 1. The third-order valence-corrected chi connectivity index (χ3v) is 5.20. The summed E-state index contributed by atoms with van der Waals surface area (Å²) in [5.74, 6) is 0.467. The second kappa shape index (κ2) is 10.3. The molecular weight excluding hydrogens is 352 g/mol. The van der Waals surface area contributed by atoms with Crippen LogP contribution in [0.4, 0.5) is 0 Å². The Morgan fingerprint density at radius 1 is 1.18 bits per heavy atom. The predicted molar refractivity (Wildman–Crippen MR) is 114 cm³/mol. The Kier molecular flexibility index (Phi) is 8.12. The highest BCUT2D eigenvalue weighted by Gasteiger charge is 2.24. The first-order valence-electron chi connectivity index (χ1n) is 10.2. The first kappa shape index (κ1) is 22.0. The number of rotatable bonds is 11. The van der Waals surface area contributed by atoms with E-state index >= 15 is 0 Å². The minimum absolute atomic E-state index is 0.373. The summed E-state index contributed by atoms with van der Waals surface area (Å²) < 4.78 is 13.2. The van der Waals surface area contributed by atoms with Gasteiger partial charge < -0.3 is 19.8 Å². The number of aromatic nitrogens is 1. The van der Waals surface area contributed by atoms with Gasteiger partial charge in [0, 0.05) is 36.7 Å². The van der Waals surface area contributed by atoms with Gasteiger partial charge in [-0.1, -0.05) is 19.4 Å². The summed E-state index contributed by atoms with van der Waals surface area (Å²) in [6.07, 6.45) is 3.98. The summed E-state index contributed by atoms with van der Waals surface area (Å²) in [5.41, 5.74) is 11.6. The summed E-state index contributed by atoms with van der Waals surface area (Å²) in [7, 11) is 1.67. The molecule has 0 aliphatic heterocycles. The molecule has 1 aromatic carbocycles. The van der Waals surface area contributed by atoms with Crippen molar-refractivity contribution >= 4 is 5.91 Å². The smallest absolute Gasteiger partial charge is 0.251 e. The van der Waals surface area contributed by atoms with Gasteiger partial charge in [0.15, 0.2) is 0 Å². The summed E-state index contributed by atoms with van der Waals surface area (Å²) in [6.45, 7) is 10.4. The molecule has 2 aromatic rings. The summed E-state index contributed by atoms with van der Waals surface area (Å²) in [6, 6.07) is 6.06. The molecule has 1 amide bonds. The van der Waals surface area contributed by atoms with Crippen molar-refractivity contribution in [1.29, 1.82) is 0 Å². The van der Waals surface area contributed by atoms with Crippen LogP contribution in [0.3, 0.4) is 0 Å². The number of ether oxygens (including phenoxy) is 2. The largest absolute Gasteiger partial charge is 0.496 e. The molecule has 2 rings (SSSR count). The molecule has 0 aliphatic rings. The van der Waals surface area contributed by atoms with Crippen molar-refractivity contribution in [3.8, 4) is 16.9 Å². The summed E-state index contributed by atoms with van der Waals surface area (Å²) in [4.78, 5) is 12.4. The molecule has 2 N–H and O–H groups in total. The number of carbonyl (C=O) groups is 1. The molecular formula is C23H34N2O3. The van der Waals surface area contributed by atoms with Gasteiger partial charge in [0.2, 0.25) is 0 Å². The van der Waals surface area contributed by atoms with Crippen molar-refractivity contribution in [2.24, 2.45) is 5.73 Å². The maximum Gasteiger partial charge on any atom is 0.251 e. The average Bonchev–Trinajstić information content (AvgIpc) is 2.95. The van der Waals surface area contributed by atoms with Crippen molar-refractivity contribution in [2.75, 3.05) is 20.3 Å². The Morgan fingerprint density at radius 2 is 1.93 bits per heavy atom. The molecule has 154 valence electrons. The highest BCUT2D eigenvalue weighted by molar-refractivity contribution is 6.02. The van der Waals surface area contributed by atoms with Crippen LogP contribution in [0.1, 0.15) is 60.4 Å². The number of unbranched alkanes of at least 4 members (excludes halogenated alkanes) is 1. The lowest BCUT2D eigenvalue weighted by Gasteiger charge is -2.14. The van der Waals surface area contributed by atoms with Gasteiger partial charge in [-0.25, -0.2) is 0 Å². The third-order valence-electron chi connectivity index (χ3n) is 5.20. The number of methoxy groups -OCH3 is 1. The fourth-order valence-electron chi connectivity index (χ4n) is 3.82. The zero-order valence-corrected chi connectivity index (χ0v) is 17.9. The van der Waals surface area contributed by atoms with Gasteiger partial charge in [-0.2, -0.15) is 0 Å². The number of amides is 1. The molecule has 0 spiro atoms. The Balaban J connectivity index is 2.60. The number of nitrogens with two attached hydrogens (primary N) is 1. The van der Waals surface area contributed by atoms with Crippen LogP contribution in [0.25, 0.3) is 11.1 Å². The quantitative estimate of drug-likeness (QED) is 0.572. The van der Waals surface area contributed by atoms with Crippen molar-refractivity contribution in [3.63, 3.8) is 0 Å². The zero-order chi connectivity index (χ0) is 20.7. The van der Waals surface area contributed by atoms with E-state index in [0.717, 1.165) is 67.0 Å². The van der Waals surface area contributed by atoms with Crippen LogP contribution < -0.4 is 10.5 Å². The Bertz CT molecular complexity index is 809. The van der Waals surface area contributed by atoms with Crippen LogP contribution in [0.2, 0.25) is 0 Å². The van der Waals surface area contributed by atoms with Gasteiger partial charge >= 0.3 is 0 Å². The van der Waals surface area contributed by atoms with E-state index in [2.05, 4.69) is 17.6 Å². The zero-order valence-electron chi connectivity index (χ0n) is 17.9. The topological polar surface area (TPSA) is 66.5 Å². The Labute approximate surface area is 168 Å². The van der Waals surface area contributed by atoms with E-state index in [4.69, 9.17) is 15.2 Å². The van der Waals surface area contributed by atoms with Gasteiger partial charge in [-0.15, -0.1) is 0 Å². The summed E-state index contributed by atoms with van der Waals surface area (Å²) >= 11 is 0. The molecule has 0 bridgehead atoms. The van der Waals surface area contributed by atoms with Crippen molar-refractivity contribution in [3.05, 3.63) is 40.7 Å². The number of benzene rings is 1. The Hall–Kier alpha value is -2.27. The Morgan fingerprint density at radius 3 is 2.50 bits per heavy atom. The fourth-order valence-corrected chi connectivity index (χ4v) is 3.82. The van der Waals surface area contributed by atoms with Crippen LogP contribution in [-0.2, 0) is 17.7 Å². The number of hydrogen-bond acceptors (Lipinski definition) is 3. The molecule has 0 atom stereocenters. The maximum absolute atomic E-state index is 12.4. The van der Waals surface area contributed by atoms with Crippen molar-refractivity contribution in [1.82, 2.24) is 4.57 Å². The molecule has 5 nitrogen and oxygen atoms in total. The van der Waals surface area contributed by atoms with E-state index in [-0.39, 0.29) is 5.91 Å². The molecule has 0 unspecified atom stereocenters. The molecule has 0 saturated heterocycles. The highest BCUT2D eigenvalue weighted by Crippen LogP contribution is 2.36. The lowest BCUT2D eigenvalue weighted by molar-refractivity contribution is 0.1000. The summed E-state index contributed by atoms with van der Waals surface area (Å²) in [5, 5.41) is 0. The second-order valence-electron chi connectivity index (χ2n) is 7.14. The lowest BCUT2D eigenvalue weighted by Crippen LogP contribution is -2.14. The van der Waals surface area contributed by atoms with Gasteiger partial charge in [-0.3, -0.25) is 4.79 Å². The first-order chi connectivity index (χ1) is 13.5. The highest BCUT2D eigenvalue weighted by atomic mass is 16.5. The van der Waals surface area contributed by atoms with Crippen LogP contribution in [0.15, 0.2) is 18.2 Å². The SMILES string of the molecule is CCCCc1c(-c2ccc(OC)c(C)c2)c(C(N)=O)c(C)n1CCCOCC. The molecule has 0 radical (unpaired) electrons. The van der Waals surface area contributed by atoms with Crippen molar-refractivity contribution < 1.29 is 14.3 Å². The van der Waals surface area contributed by atoms with Gasteiger partial charge in [-0.05, 0) is 63.3 Å². The van der Waals surface area contributed by atoms with E-state index in [1.54, 1.807) is 7.11 Å². The van der Waals surface area contributed by atoms with Gasteiger partial charge in [0.25, 0.3) is 5.91 Å². The lowest BCUT2D eigenvalue weighted by atomic mass is 9.96. The van der Waals surface area contributed by atoms with Crippen LogP contribution in [0.5, 0.6) is 5.75 Å². The van der Waals surface area contributed by atoms with Gasteiger partial charge in [0.05, 0.1) is 12.7 Å². The van der Waals surface area contributed by atoms with Crippen LogP contribution >= 0.6 is 0 Å². The molecule has 0 fully saturated rings. The normalized spacial score (nSPS) is 11.0. The standard InChI is InChI=1S/C23H34N2O3/c1-6-8-10-19-22(18-11-12-20(27-5)16(3)15-18)21(23(24)26)17(4)25(19)13-9-14-28-7-2/h11-12,15H,6-10,13-14H2,1-5H3,(H2,24,26). The average molecular weight is 387 g/mol. The molecule has 1 aromatic heterocycles. The maximum atomic E-state index is 12.4. The predicted octanol–water partition coefficient (Wildman–Crippen LogP) is 4.65. The number of aryl methyl sites for hydroxylation is 1. The molecule has 0 saturated carbocycles. The van der Waals surface area contributed by atoms with E-state index < -0.39 is 0 Å². The van der Waals surface area contributed by atoms with Gasteiger partial charge in [0.1, 0.15) is 5.75 Å². The van der Waals surface area contributed by atoms with Crippen LogP contribution in [-0.4, -0.2) is 30.8 Å². The first-order valence-corrected chi connectivity index (χ1v) is 10.2. The van der Waals surface area contributed by atoms with E-state index in [1.165, 1.54) is 5.69 Å². The molecule has 0 aliphatic carbocycles. The number of hydrogen-bond donors (Lipinski definition) is 1. The number of nitrogens with zero attached hydrogens (tertiary/aromatic N) is 1. The van der Waals surface area contributed by atoms with E-state index in [1.807, 2.05) is 32.9 Å². The van der Waals surface area contributed by atoms with Crippen LogP contribution in [0, 0.1) is 13.8 Å².